The molecule has 0 saturated heterocycles. The van der Waals surface area contributed by atoms with E-state index in [4.69, 9.17) is 14.2 Å². The Kier molecular flexibility index (Phi) is 7.07. The monoisotopic (exact) mass is 370 g/mol. The molecule has 1 amide bonds. The van der Waals surface area contributed by atoms with Gasteiger partial charge in [-0.25, -0.2) is 0 Å². The molecule has 1 aliphatic heterocycles. The number of rotatable bonds is 8. The van der Waals surface area contributed by atoms with E-state index >= 15 is 0 Å². The van der Waals surface area contributed by atoms with E-state index < -0.39 is 0 Å². The van der Waals surface area contributed by atoms with Crippen molar-refractivity contribution in [3.8, 4) is 11.5 Å². The Morgan fingerprint density at radius 3 is 2.78 bits per heavy atom. The third-order valence-corrected chi connectivity index (χ3v) is 4.37. The van der Waals surface area contributed by atoms with Crippen LogP contribution in [0.1, 0.15) is 11.1 Å². The molecule has 0 radical (unpaired) electrons. The molecule has 0 bridgehead atoms. The van der Waals surface area contributed by atoms with E-state index in [-0.39, 0.29) is 5.91 Å². The van der Waals surface area contributed by atoms with E-state index in [0.29, 0.717) is 32.9 Å². The number of amides is 1. The van der Waals surface area contributed by atoms with Crippen LogP contribution in [0, 0.1) is 0 Å². The SMILES string of the molecule is COCCOc1ccc(CNC(=O)CN2CCOc3ccccc3C2)cc1. The number of para-hydroxylation sites is 1. The average molecular weight is 370 g/mol. The van der Waals surface area contributed by atoms with Gasteiger partial charge in [0, 0.05) is 32.3 Å². The fraction of sp³-hybridized carbons (Fsp3) is 0.381. The van der Waals surface area contributed by atoms with Gasteiger partial charge in [0.1, 0.15) is 24.7 Å². The molecule has 1 N–H and O–H groups in total. The standard InChI is InChI=1S/C21H26N2O4/c1-25-12-13-26-19-8-6-17(7-9-19)14-22-21(24)16-23-10-11-27-20-5-3-2-4-18(20)15-23/h2-9H,10-16H2,1H3,(H,22,24). The molecule has 6 nitrogen and oxygen atoms in total. The lowest BCUT2D eigenvalue weighted by Crippen LogP contribution is -2.37. The second-order valence-electron chi connectivity index (χ2n) is 6.43. The van der Waals surface area contributed by atoms with Crippen molar-refractivity contribution in [1.29, 1.82) is 0 Å². The molecule has 0 spiro atoms. The lowest BCUT2D eigenvalue weighted by Gasteiger charge is -2.18. The minimum Gasteiger partial charge on any atom is -0.492 e. The summed E-state index contributed by atoms with van der Waals surface area (Å²) in [5.41, 5.74) is 2.15. The summed E-state index contributed by atoms with van der Waals surface area (Å²) in [6.07, 6.45) is 0. The molecule has 0 saturated carbocycles. The van der Waals surface area contributed by atoms with Gasteiger partial charge in [-0.3, -0.25) is 9.69 Å². The number of ether oxygens (including phenoxy) is 3. The molecule has 27 heavy (non-hydrogen) atoms. The summed E-state index contributed by atoms with van der Waals surface area (Å²) in [6.45, 7) is 3.98. The zero-order valence-corrected chi connectivity index (χ0v) is 15.6. The molecule has 0 unspecified atom stereocenters. The number of hydrogen-bond acceptors (Lipinski definition) is 5. The Morgan fingerprint density at radius 2 is 1.96 bits per heavy atom. The molecule has 0 aromatic heterocycles. The van der Waals surface area contributed by atoms with Crippen LogP contribution in [0.25, 0.3) is 0 Å². The maximum absolute atomic E-state index is 12.3. The van der Waals surface area contributed by atoms with Crippen LogP contribution in [0.2, 0.25) is 0 Å². The highest BCUT2D eigenvalue weighted by atomic mass is 16.5. The second-order valence-corrected chi connectivity index (χ2v) is 6.43. The van der Waals surface area contributed by atoms with Crippen molar-refractivity contribution in [3.05, 3.63) is 59.7 Å². The Labute approximate surface area is 160 Å². The van der Waals surface area contributed by atoms with Crippen LogP contribution in [0.5, 0.6) is 11.5 Å². The molecule has 2 aromatic rings. The maximum Gasteiger partial charge on any atom is 0.234 e. The Bertz CT molecular complexity index is 733. The van der Waals surface area contributed by atoms with Crippen LogP contribution in [-0.4, -0.2) is 50.8 Å². The topological polar surface area (TPSA) is 60.0 Å². The Hall–Kier alpha value is -2.57. The van der Waals surface area contributed by atoms with Crippen LogP contribution >= 0.6 is 0 Å². The number of carbonyl (C=O) groups is 1. The van der Waals surface area contributed by atoms with Gasteiger partial charge in [-0.15, -0.1) is 0 Å². The lowest BCUT2D eigenvalue weighted by atomic mass is 10.2. The maximum atomic E-state index is 12.3. The molecule has 0 fully saturated rings. The quantitative estimate of drug-likeness (QED) is 0.722. The normalized spacial score (nSPS) is 14.0. The van der Waals surface area contributed by atoms with Crippen LogP contribution in [0.15, 0.2) is 48.5 Å². The van der Waals surface area contributed by atoms with E-state index in [1.54, 1.807) is 7.11 Å². The highest BCUT2D eigenvalue weighted by molar-refractivity contribution is 5.78. The van der Waals surface area contributed by atoms with Gasteiger partial charge >= 0.3 is 0 Å². The molecule has 3 rings (SSSR count). The summed E-state index contributed by atoms with van der Waals surface area (Å²) in [4.78, 5) is 14.4. The summed E-state index contributed by atoms with van der Waals surface area (Å²) >= 11 is 0. The zero-order valence-electron chi connectivity index (χ0n) is 15.6. The number of nitrogens with zero attached hydrogens (tertiary/aromatic N) is 1. The molecule has 1 heterocycles. The summed E-state index contributed by atoms with van der Waals surface area (Å²) in [7, 11) is 1.65. The fourth-order valence-electron chi connectivity index (χ4n) is 2.92. The Morgan fingerprint density at radius 1 is 1.15 bits per heavy atom. The molecule has 0 atom stereocenters. The number of fused-ring (bicyclic) bond motifs is 1. The van der Waals surface area contributed by atoms with Crippen molar-refractivity contribution in [2.45, 2.75) is 13.1 Å². The second kappa shape index (κ2) is 9.94. The van der Waals surface area contributed by atoms with Crippen molar-refractivity contribution in [2.75, 3.05) is 40.0 Å². The third kappa shape index (κ3) is 5.98. The van der Waals surface area contributed by atoms with Crippen LogP contribution < -0.4 is 14.8 Å². The average Bonchev–Trinajstić information content (AvgIpc) is 2.89. The van der Waals surface area contributed by atoms with Gasteiger partial charge in [0.15, 0.2) is 0 Å². The van der Waals surface area contributed by atoms with E-state index in [2.05, 4.69) is 10.2 Å². The lowest BCUT2D eigenvalue weighted by molar-refractivity contribution is -0.122. The molecule has 0 aliphatic carbocycles. The van der Waals surface area contributed by atoms with Crippen molar-refractivity contribution in [3.63, 3.8) is 0 Å². The first-order valence-electron chi connectivity index (χ1n) is 9.15. The van der Waals surface area contributed by atoms with Crippen LogP contribution in [0.4, 0.5) is 0 Å². The van der Waals surface area contributed by atoms with Gasteiger partial charge in [-0.05, 0) is 23.8 Å². The predicted molar refractivity (Wildman–Crippen MR) is 103 cm³/mol. The number of benzene rings is 2. The molecule has 144 valence electrons. The van der Waals surface area contributed by atoms with Crippen molar-refractivity contribution in [1.82, 2.24) is 10.2 Å². The largest absolute Gasteiger partial charge is 0.492 e. The summed E-state index contributed by atoms with van der Waals surface area (Å²) in [5.74, 6) is 1.72. The number of nitrogens with one attached hydrogen (secondary N) is 1. The molecular weight excluding hydrogens is 344 g/mol. The number of carbonyl (C=O) groups excluding carboxylic acids is 1. The highest BCUT2D eigenvalue weighted by Gasteiger charge is 2.17. The van der Waals surface area contributed by atoms with E-state index in [0.717, 1.165) is 35.7 Å². The summed E-state index contributed by atoms with van der Waals surface area (Å²) in [6, 6.07) is 15.7. The first kappa shape index (κ1) is 19.2. The third-order valence-electron chi connectivity index (χ3n) is 4.37. The van der Waals surface area contributed by atoms with Gasteiger partial charge in [0.05, 0.1) is 13.2 Å². The van der Waals surface area contributed by atoms with Crippen molar-refractivity contribution in [2.24, 2.45) is 0 Å². The van der Waals surface area contributed by atoms with Crippen molar-refractivity contribution >= 4 is 5.91 Å². The smallest absolute Gasteiger partial charge is 0.234 e. The first-order chi connectivity index (χ1) is 13.2. The fourth-order valence-corrected chi connectivity index (χ4v) is 2.92. The first-order valence-corrected chi connectivity index (χ1v) is 9.15. The van der Waals surface area contributed by atoms with Gasteiger partial charge in [0.2, 0.25) is 5.91 Å². The van der Waals surface area contributed by atoms with E-state index in [9.17, 15) is 4.79 Å². The van der Waals surface area contributed by atoms with Crippen LogP contribution in [0.3, 0.4) is 0 Å². The minimum absolute atomic E-state index is 0.00908. The van der Waals surface area contributed by atoms with E-state index in [1.807, 2.05) is 48.5 Å². The molecule has 6 heteroatoms. The van der Waals surface area contributed by atoms with E-state index in [1.165, 1.54) is 0 Å². The van der Waals surface area contributed by atoms with Gasteiger partial charge < -0.3 is 19.5 Å². The minimum atomic E-state index is 0.00908. The number of hydrogen-bond donors (Lipinski definition) is 1. The molecular formula is C21H26N2O4. The highest BCUT2D eigenvalue weighted by Crippen LogP contribution is 2.22. The zero-order chi connectivity index (χ0) is 18.9. The Balaban J connectivity index is 1.44. The molecule has 2 aromatic carbocycles. The van der Waals surface area contributed by atoms with Gasteiger partial charge in [-0.1, -0.05) is 30.3 Å². The summed E-state index contributed by atoms with van der Waals surface area (Å²) < 4.78 is 16.2. The predicted octanol–water partition coefficient (Wildman–Crippen LogP) is 2.22. The van der Waals surface area contributed by atoms with Gasteiger partial charge in [0.25, 0.3) is 0 Å². The van der Waals surface area contributed by atoms with Gasteiger partial charge in [-0.2, -0.15) is 0 Å². The molecule has 1 aliphatic rings. The van der Waals surface area contributed by atoms with Crippen LogP contribution in [-0.2, 0) is 22.6 Å². The number of methoxy groups -OCH3 is 1. The summed E-state index contributed by atoms with van der Waals surface area (Å²) in [5, 5.41) is 2.98. The van der Waals surface area contributed by atoms with Crippen molar-refractivity contribution < 1.29 is 19.0 Å².